The number of hydrogen-bond donors (Lipinski definition) is 1. The Hall–Kier alpha value is -3.60. The van der Waals surface area contributed by atoms with E-state index in [1.807, 2.05) is 67.6 Å². The molecule has 1 N–H and O–H groups in total. The molecular formula is C26H27NO4. The van der Waals surface area contributed by atoms with E-state index in [1.165, 1.54) is 0 Å². The van der Waals surface area contributed by atoms with Crippen molar-refractivity contribution in [1.29, 1.82) is 0 Å². The highest BCUT2D eigenvalue weighted by molar-refractivity contribution is 5.95. The maximum absolute atomic E-state index is 12.4. The van der Waals surface area contributed by atoms with Crippen LogP contribution in [0.25, 0.3) is 0 Å². The van der Waals surface area contributed by atoms with Crippen LogP contribution in [-0.4, -0.2) is 18.0 Å². The largest absolute Gasteiger partial charge is 0.489 e. The molecule has 0 fully saturated rings. The number of anilines is 1. The highest BCUT2D eigenvalue weighted by atomic mass is 16.5. The average molecular weight is 418 g/mol. The minimum absolute atomic E-state index is 0.0207. The molecule has 3 aromatic carbocycles. The number of amides is 1. The monoisotopic (exact) mass is 417 g/mol. The van der Waals surface area contributed by atoms with E-state index in [2.05, 4.69) is 5.32 Å². The van der Waals surface area contributed by atoms with E-state index in [4.69, 9.17) is 9.47 Å². The molecule has 0 aliphatic carbocycles. The molecule has 5 heteroatoms. The van der Waals surface area contributed by atoms with Crippen molar-refractivity contribution < 1.29 is 19.1 Å². The first-order valence-corrected chi connectivity index (χ1v) is 10.3. The van der Waals surface area contributed by atoms with Gasteiger partial charge in [0.15, 0.2) is 6.10 Å². The summed E-state index contributed by atoms with van der Waals surface area (Å²) in [6.07, 6.45) is -0.667. The number of rotatable bonds is 9. The van der Waals surface area contributed by atoms with Crippen LogP contribution in [0.4, 0.5) is 5.69 Å². The van der Waals surface area contributed by atoms with Crippen LogP contribution >= 0.6 is 0 Å². The fraction of sp³-hybridized carbons (Fsp3) is 0.231. The summed E-state index contributed by atoms with van der Waals surface area (Å²) in [6.45, 7) is 4.00. The van der Waals surface area contributed by atoms with E-state index in [0.29, 0.717) is 18.0 Å². The van der Waals surface area contributed by atoms with Gasteiger partial charge in [0.2, 0.25) is 0 Å². The first-order chi connectivity index (χ1) is 15.0. The summed E-state index contributed by atoms with van der Waals surface area (Å²) in [5.74, 6) is -0.0500. The van der Waals surface area contributed by atoms with Crippen LogP contribution in [0.5, 0.6) is 5.75 Å². The van der Waals surface area contributed by atoms with Crippen LogP contribution in [0.2, 0.25) is 0 Å². The molecule has 0 spiro atoms. The van der Waals surface area contributed by atoms with Crippen molar-refractivity contribution in [3.63, 3.8) is 0 Å². The molecule has 0 heterocycles. The molecule has 0 radical (unpaired) electrons. The van der Waals surface area contributed by atoms with Gasteiger partial charge in [-0.05, 0) is 48.2 Å². The van der Waals surface area contributed by atoms with Crippen LogP contribution in [0.3, 0.4) is 0 Å². The molecule has 3 rings (SSSR count). The number of carbonyl (C=O) groups excluding carboxylic acids is 2. The van der Waals surface area contributed by atoms with Crippen LogP contribution in [0.1, 0.15) is 37.3 Å². The Balaban J connectivity index is 1.45. The fourth-order valence-electron chi connectivity index (χ4n) is 3.07. The summed E-state index contributed by atoms with van der Waals surface area (Å²) in [7, 11) is 0. The second-order valence-corrected chi connectivity index (χ2v) is 7.44. The number of ether oxygens (including phenoxy) is 2. The molecular weight excluding hydrogens is 390 g/mol. The third-order valence-corrected chi connectivity index (χ3v) is 4.89. The van der Waals surface area contributed by atoms with Crippen molar-refractivity contribution in [2.45, 2.75) is 38.9 Å². The van der Waals surface area contributed by atoms with Crippen LogP contribution in [0, 0.1) is 0 Å². The second kappa shape index (κ2) is 11.0. The van der Waals surface area contributed by atoms with Gasteiger partial charge in [-0.3, -0.25) is 9.59 Å². The van der Waals surface area contributed by atoms with E-state index in [1.54, 1.807) is 31.2 Å². The lowest BCUT2D eigenvalue weighted by atomic mass is 9.98. The highest BCUT2D eigenvalue weighted by Gasteiger charge is 2.20. The normalized spacial score (nSPS) is 12.5. The van der Waals surface area contributed by atoms with E-state index >= 15 is 0 Å². The number of esters is 1. The van der Waals surface area contributed by atoms with Gasteiger partial charge >= 0.3 is 5.97 Å². The van der Waals surface area contributed by atoms with Crippen molar-refractivity contribution in [1.82, 2.24) is 0 Å². The van der Waals surface area contributed by atoms with Crippen LogP contribution in [0.15, 0.2) is 84.9 Å². The molecule has 0 aromatic heterocycles. The SMILES string of the molecule is C[C@H](CC(=O)O[C@H](C)C(=O)Nc1ccc(OCc2ccccc2)cc1)c1ccccc1. The molecule has 160 valence electrons. The second-order valence-electron chi connectivity index (χ2n) is 7.44. The molecule has 5 nitrogen and oxygen atoms in total. The van der Waals surface area contributed by atoms with Gasteiger partial charge in [-0.15, -0.1) is 0 Å². The lowest BCUT2D eigenvalue weighted by Crippen LogP contribution is -2.30. The average Bonchev–Trinajstić information content (AvgIpc) is 2.79. The van der Waals surface area contributed by atoms with Gasteiger partial charge in [0, 0.05) is 5.69 Å². The maximum Gasteiger partial charge on any atom is 0.307 e. The zero-order valence-electron chi connectivity index (χ0n) is 17.8. The maximum atomic E-state index is 12.4. The number of nitrogens with one attached hydrogen (secondary N) is 1. The van der Waals surface area contributed by atoms with Gasteiger partial charge in [-0.1, -0.05) is 67.6 Å². The fourth-order valence-corrected chi connectivity index (χ4v) is 3.07. The van der Waals surface area contributed by atoms with Crippen molar-refractivity contribution in [2.75, 3.05) is 5.32 Å². The zero-order chi connectivity index (χ0) is 22.1. The Morgan fingerprint density at radius 3 is 2.10 bits per heavy atom. The van der Waals surface area contributed by atoms with Crippen molar-refractivity contribution in [3.8, 4) is 5.75 Å². The number of benzene rings is 3. The number of hydrogen-bond acceptors (Lipinski definition) is 4. The first-order valence-electron chi connectivity index (χ1n) is 10.3. The van der Waals surface area contributed by atoms with E-state index < -0.39 is 12.1 Å². The minimum atomic E-state index is -0.885. The van der Waals surface area contributed by atoms with Crippen LogP contribution in [-0.2, 0) is 20.9 Å². The third-order valence-electron chi connectivity index (χ3n) is 4.89. The zero-order valence-corrected chi connectivity index (χ0v) is 17.8. The topological polar surface area (TPSA) is 64.6 Å². The molecule has 0 saturated heterocycles. The Bertz CT molecular complexity index is 971. The van der Waals surface area contributed by atoms with Crippen molar-refractivity contribution >= 4 is 17.6 Å². The smallest absolute Gasteiger partial charge is 0.307 e. The molecule has 2 atom stereocenters. The third kappa shape index (κ3) is 7.00. The van der Waals surface area contributed by atoms with Gasteiger partial charge in [0.25, 0.3) is 5.91 Å². The molecule has 31 heavy (non-hydrogen) atoms. The molecule has 0 aliphatic rings. The van der Waals surface area contributed by atoms with Crippen LogP contribution < -0.4 is 10.1 Å². The number of carbonyl (C=O) groups is 2. The molecule has 0 aliphatic heterocycles. The quantitative estimate of drug-likeness (QED) is 0.478. The predicted molar refractivity (Wildman–Crippen MR) is 121 cm³/mol. The lowest BCUT2D eigenvalue weighted by Gasteiger charge is -2.16. The Labute approximate surface area is 183 Å². The van der Waals surface area contributed by atoms with Crippen molar-refractivity contribution in [2.24, 2.45) is 0 Å². The summed E-state index contributed by atoms with van der Waals surface area (Å²) in [6, 6.07) is 26.7. The van der Waals surface area contributed by atoms with Gasteiger partial charge in [0.1, 0.15) is 12.4 Å². The van der Waals surface area contributed by atoms with Crippen molar-refractivity contribution in [3.05, 3.63) is 96.1 Å². The van der Waals surface area contributed by atoms with Gasteiger partial charge in [-0.2, -0.15) is 0 Å². The van der Waals surface area contributed by atoms with E-state index in [0.717, 1.165) is 11.1 Å². The van der Waals surface area contributed by atoms with Gasteiger partial charge in [0.05, 0.1) is 6.42 Å². The highest BCUT2D eigenvalue weighted by Crippen LogP contribution is 2.20. The van der Waals surface area contributed by atoms with E-state index in [-0.39, 0.29) is 18.2 Å². The molecule has 1 amide bonds. The predicted octanol–water partition coefficient (Wildman–Crippen LogP) is 5.33. The summed E-state index contributed by atoms with van der Waals surface area (Å²) in [5.41, 5.74) is 2.75. The standard InChI is InChI=1S/C26H27NO4/c1-19(22-11-7-4-8-12-22)17-25(28)31-20(2)26(29)27-23-13-15-24(16-14-23)30-18-21-9-5-3-6-10-21/h3-16,19-20H,17-18H2,1-2H3,(H,27,29)/t19-,20-/m1/s1. The Kier molecular flexibility index (Phi) is 7.82. The lowest BCUT2D eigenvalue weighted by molar-refractivity contribution is -0.153. The summed E-state index contributed by atoms with van der Waals surface area (Å²) in [4.78, 5) is 24.6. The summed E-state index contributed by atoms with van der Waals surface area (Å²) >= 11 is 0. The van der Waals surface area contributed by atoms with Gasteiger partial charge in [-0.25, -0.2) is 0 Å². The van der Waals surface area contributed by atoms with E-state index in [9.17, 15) is 9.59 Å². The summed E-state index contributed by atoms with van der Waals surface area (Å²) < 4.78 is 11.1. The molecule has 0 unspecified atom stereocenters. The Morgan fingerprint density at radius 1 is 0.839 bits per heavy atom. The molecule has 0 bridgehead atoms. The first kappa shape index (κ1) is 22.1. The molecule has 3 aromatic rings. The minimum Gasteiger partial charge on any atom is -0.489 e. The Morgan fingerprint density at radius 2 is 1.45 bits per heavy atom. The molecule has 0 saturated carbocycles. The summed E-state index contributed by atoms with van der Waals surface area (Å²) in [5, 5.41) is 2.76. The van der Waals surface area contributed by atoms with Gasteiger partial charge < -0.3 is 14.8 Å².